The quantitative estimate of drug-likeness (QED) is 0.940. The third kappa shape index (κ3) is 3.25. The summed E-state index contributed by atoms with van der Waals surface area (Å²) in [5.74, 6) is -0.205. The summed E-state index contributed by atoms with van der Waals surface area (Å²) < 4.78 is 0. The number of hydrogen-bond acceptors (Lipinski definition) is 3. The third-order valence-corrected chi connectivity index (χ3v) is 4.15. The van der Waals surface area contributed by atoms with E-state index in [0.29, 0.717) is 18.7 Å². The monoisotopic (exact) mass is 323 g/mol. The molecule has 2 aromatic carbocycles. The van der Waals surface area contributed by atoms with Crippen molar-refractivity contribution in [1.82, 2.24) is 10.2 Å². The molecule has 124 valence electrons. The molecular weight excluding hydrogens is 302 g/mol. The highest BCUT2D eigenvalue weighted by atomic mass is 16.2. The van der Waals surface area contributed by atoms with Crippen LogP contribution in [0.4, 0.5) is 5.69 Å². The molecule has 1 fully saturated rings. The second kappa shape index (κ2) is 6.74. The number of benzene rings is 2. The molecule has 24 heavy (non-hydrogen) atoms. The summed E-state index contributed by atoms with van der Waals surface area (Å²) in [4.78, 5) is 27.6. The van der Waals surface area contributed by atoms with E-state index < -0.39 is 0 Å². The number of nitrogens with one attached hydrogen (secondary N) is 1. The number of anilines is 1. The summed E-state index contributed by atoms with van der Waals surface area (Å²) >= 11 is 0. The lowest BCUT2D eigenvalue weighted by Crippen LogP contribution is -2.49. The molecular formula is C19H21N3O2. The van der Waals surface area contributed by atoms with Crippen LogP contribution >= 0.6 is 0 Å². The lowest BCUT2D eigenvalue weighted by atomic mass is 10.0. The smallest absolute Gasteiger partial charge is 0.254 e. The van der Waals surface area contributed by atoms with Gasteiger partial charge in [0.2, 0.25) is 5.91 Å². The van der Waals surface area contributed by atoms with Crippen LogP contribution in [0.5, 0.6) is 0 Å². The van der Waals surface area contributed by atoms with Gasteiger partial charge in [0, 0.05) is 44.0 Å². The van der Waals surface area contributed by atoms with Gasteiger partial charge in [-0.1, -0.05) is 30.3 Å². The highest BCUT2D eigenvalue weighted by Gasteiger charge is 2.22. The molecule has 1 saturated heterocycles. The first-order valence-electron chi connectivity index (χ1n) is 7.99. The average Bonchev–Trinajstić information content (AvgIpc) is 2.61. The molecule has 0 aromatic heterocycles. The molecule has 3 rings (SSSR count). The van der Waals surface area contributed by atoms with E-state index in [0.717, 1.165) is 16.8 Å². The van der Waals surface area contributed by atoms with Gasteiger partial charge < -0.3 is 15.1 Å². The summed E-state index contributed by atoms with van der Waals surface area (Å²) in [6.07, 6.45) is 0. The zero-order valence-corrected chi connectivity index (χ0v) is 14.0. The summed E-state index contributed by atoms with van der Waals surface area (Å²) in [6.45, 7) is 1.19. The van der Waals surface area contributed by atoms with Crippen molar-refractivity contribution in [2.24, 2.45) is 0 Å². The molecule has 2 amide bonds. The molecule has 2 aromatic rings. The number of nitrogens with zero attached hydrogens (tertiary/aromatic N) is 2. The number of amides is 2. The predicted molar refractivity (Wildman–Crippen MR) is 95.1 cm³/mol. The molecule has 1 heterocycles. The minimum atomic E-state index is -0.105. The van der Waals surface area contributed by atoms with Crippen molar-refractivity contribution in [2.45, 2.75) is 0 Å². The fourth-order valence-electron chi connectivity index (χ4n) is 2.89. The first-order valence-corrected chi connectivity index (χ1v) is 7.99. The summed E-state index contributed by atoms with van der Waals surface area (Å²) in [5.41, 5.74) is 3.92. The van der Waals surface area contributed by atoms with E-state index in [4.69, 9.17) is 0 Å². The molecule has 1 aliphatic heterocycles. The van der Waals surface area contributed by atoms with E-state index >= 15 is 0 Å². The van der Waals surface area contributed by atoms with Crippen molar-refractivity contribution in [1.29, 1.82) is 0 Å². The molecule has 0 saturated carbocycles. The van der Waals surface area contributed by atoms with E-state index in [9.17, 15) is 9.59 Å². The Bertz CT molecular complexity index is 753. The maximum absolute atomic E-state index is 12.5. The van der Waals surface area contributed by atoms with Crippen molar-refractivity contribution in [3.8, 4) is 11.1 Å². The molecule has 0 bridgehead atoms. The number of carbonyl (C=O) groups is 2. The van der Waals surface area contributed by atoms with Gasteiger partial charge in [-0.15, -0.1) is 0 Å². The van der Waals surface area contributed by atoms with Gasteiger partial charge in [0.25, 0.3) is 5.91 Å². The van der Waals surface area contributed by atoms with E-state index in [1.54, 1.807) is 4.90 Å². The van der Waals surface area contributed by atoms with Crippen LogP contribution in [0.25, 0.3) is 11.1 Å². The van der Waals surface area contributed by atoms with Crippen molar-refractivity contribution in [3.05, 3.63) is 54.1 Å². The van der Waals surface area contributed by atoms with E-state index in [1.165, 1.54) is 0 Å². The van der Waals surface area contributed by atoms with Gasteiger partial charge in [-0.2, -0.15) is 0 Å². The zero-order chi connectivity index (χ0) is 17.1. The van der Waals surface area contributed by atoms with Gasteiger partial charge >= 0.3 is 0 Å². The Hall–Kier alpha value is -2.82. The van der Waals surface area contributed by atoms with E-state index in [2.05, 4.69) is 22.3 Å². The van der Waals surface area contributed by atoms with Crippen LogP contribution in [0.1, 0.15) is 10.4 Å². The summed E-state index contributed by atoms with van der Waals surface area (Å²) in [5, 5.41) is 2.73. The first-order chi connectivity index (χ1) is 11.6. The molecule has 0 atom stereocenters. The van der Waals surface area contributed by atoms with Crippen LogP contribution in [-0.2, 0) is 4.79 Å². The molecule has 0 aliphatic carbocycles. The molecule has 0 spiro atoms. The Kier molecular flexibility index (Phi) is 4.51. The van der Waals surface area contributed by atoms with Crippen molar-refractivity contribution in [2.75, 3.05) is 38.6 Å². The van der Waals surface area contributed by atoms with Gasteiger partial charge in [0.05, 0.1) is 6.54 Å². The highest BCUT2D eigenvalue weighted by Crippen LogP contribution is 2.29. The number of piperazine rings is 1. The number of para-hydroxylation sites is 1. The zero-order valence-electron chi connectivity index (χ0n) is 14.0. The van der Waals surface area contributed by atoms with Crippen LogP contribution < -0.4 is 10.2 Å². The highest BCUT2D eigenvalue weighted by molar-refractivity contribution is 5.97. The van der Waals surface area contributed by atoms with Gasteiger partial charge in [-0.25, -0.2) is 0 Å². The molecule has 1 aliphatic rings. The summed E-state index contributed by atoms with van der Waals surface area (Å²) in [7, 11) is 4.02. The molecule has 5 heteroatoms. The SMILES string of the molecule is CN(C)c1ccccc1-c1ccc(C(=O)N2CCNC(=O)C2)cc1. The maximum Gasteiger partial charge on any atom is 0.254 e. The standard InChI is InChI=1S/C19H21N3O2/c1-21(2)17-6-4-3-5-16(17)14-7-9-15(10-8-14)19(24)22-12-11-20-18(23)13-22/h3-10H,11-13H2,1-2H3,(H,20,23). The Labute approximate surface area is 141 Å². The minimum Gasteiger partial charge on any atom is -0.377 e. The number of hydrogen-bond donors (Lipinski definition) is 1. The largest absolute Gasteiger partial charge is 0.377 e. The van der Waals surface area contributed by atoms with Crippen LogP contribution in [-0.4, -0.2) is 50.4 Å². The lowest BCUT2D eigenvalue weighted by molar-refractivity contribution is -0.123. The summed E-state index contributed by atoms with van der Waals surface area (Å²) in [6, 6.07) is 15.7. The first kappa shape index (κ1) is 16.1. The van der Waals surface area contributed by atoms with Gasteiger partial charge in [-0.3, -0.25) is 9.59 Å². The topological polar surface area (TPSA) is 52.7 Å². The molecule has 1 N–H and O–H groups in total. The number of carbonyl (C=O) groups excluding carboxylic acids is 2. The van der Waals surface area contributed by atoms with Gasteiger partial charge in [0.15, 0.2) is 0 Å². The van der Waals surface area contributed by atoms with E-state index in [1.807, 2.05) is 50.5 Å². The fraction of sp³-hybridized carbons (Fsp3) is 0.263. The van der Waals surface area contributed by atoms with Crippen molar-refractivity contribution >= 4 is 17.5 Å². The van der Waals surface area contributed by atoms with Crippen LogP contribution in [0.15, 0.2) is 48.5 Å². The molecule has 0 unspecified atom stereocenters. The Morgan fingerprint density at radius 1 is 1.08 bits per heavy atom. The normalized spacial score (nSPS) is 14.2. The Morgan fingerprint density at radius 3 is 2.46 bits per heavy atom. The van der Waals surface area contributed by atoms with Crippen molar-refractivity contribution in [3.63, 3.8) is 0 Å². The fourth-order valence-corrected chi connectivity index (χ4v) is 2.89. The minimum absolute atomic E-state index is 0.0997. The van der Waals surface area contributed by atoms with Crippen LogP contribution in [0.2, 0.25) is 0 Å². The van der Waals surface area contributed by atoms with E-state index in [-0.39, 0.29) is 18.4 Å². The van der Waals surface area contributed by atoms with Crippen LogP contribution in [0.3, 0.4) is 0 Å². The third-order valence-electron chi connectivity index (χ3n) is 4.15. The Morgan fingerprint density at radius 2 is 1.79 bits per heavy atom. The molecule has 5 nitrogen and oxygen atoms in total. The van der Waals surface area contributed by atoms with Gasteiger partial charge in [-0.05, 0) is 23.8 Å². The predicted octanol–water partition coefficient (Wildman–Crippen LogP) is 1.99. The number of rotatable bonds is 3. The lowest BCUT2D eigenvalue weighted by Gasteiger charge is -2.26. The van der Waals surface area contributed by atoms with Gasteiger partial charge in [0.1, 0.15) is 0 Å². The second-order valence-corrected chi connectivity index (χ2v) is 6.07. The molecule has 0 radical (unpaired) electrons. The maximum atomic E-state index is 12.5. The average molecular weight is 323 g/mol. The Balaban J connectivity index is 1.83. The second-order valence-electron chi connectivity index (χ2n) is 6.07. The van der Waals surface area contributed by atoms with Crippen molar-refractivity contribution < 1.29 is 9.59 Å². The van der Waals surface area contributed by atoms with Crippen LogP contribution in [0, 0.1) is 0 Å².